The summed E-state index contributed by atoms with van der Waals surface area (Å²) in [6, 6.07) is 8.75. The fourth-order valence-electron chi connectivity index (χ4n) is 3.93. The van der Waals surface area contributed by atoms with E-state index < -0.39 is 30.1 Å². The lowest BCUT2D eigenvalue weighted by molar-refractivity contribution is 0.0614. The van der Waals surface area contributed by atoms with Crippen molar-refractivity contribution in [3.8, 4) is 6.07 Å². The molecule has 154 valence electrons. The molecule has 2 N–H and O–H groups in total. The van der Waals surface area contributed by atoms with Crippen LogP contribution in [0.15, 0.2) is 41.5 Å². The third kappa shape index (κ3) is 3.39. The van der Waals surface area contributed by atoms with Gasteiger partial charge in [-0.05, 0) is 29.8 Å². The van der Waals surface area contributed by atoms with Crippen molar-refractivity contribution in [2.45, 2.75) is 18.1 Å². The third-order valence-electron chi connectivity index (χ3n) is 5.47. The van der Waals surface area contributed by atoms with Crippen molar-refractivity contribution < 1.29 is 23.0 Å². The number of carbonyl (C=O) groups is 1. The number of nitriles is 1. The summed E-state index contributed by atoms with van der Waals surface area (Å²) < 4.78 is 40.1. The number of ether oxygens (including phenoxy) is 2. The molecule has 0 saturated carbocycles. The van der Waals surface area contributed by atoms with Crippen LogP contribution in [0.25, 0.3) is 0 Å². The SMILES string of the molecule is N#Cc1ccc(C(=O)Cc2ccc(F)c([C@@]3(CF)N=C(N)O[C@@H]4COC[C@@H]43)c2)nc1. The van der Waals surface area contributed by atoms with E-state index in [1.807, 2.05) is 6.07 Å². The summed E-state index contributed by atoms with van der Waals surface area (Å²) >= 11 is 0. The number of fused-ring (bicyclic) bond motifs is 1. The van der Waals surface area contributed by atoms with Gasteiger partial charge < -0.3 is 15.2 Å². The van der Waals surface area contributed by atoms with Gasteiger partial charge in [0.05, 0.1) is 24.7 Å². The number of rotatable bonds is 5. The van der Waals surface area contributed by atoms with Gasteiger partial charge in [-0.15, -0.1) is 0 Å². The fraction of sp³-hybridized carbons (Fsp3) is 0.333. The maximum Gasteiger partial charge on any atom is 0.283 e. The molecule has 3 atom stereocenters. The van der Waals surface area contributed by atoms with Crippen molar-refractivity contribution in [3.63, 3.8) is 0 Å². The number of ketones is 1. The number of benzene rings is 1. The van der Waals surface area contributed by atoms with Gasteiger partial charge in [0, 0.05) is 18.2 Å². The second-order valence-electron chi connectivity index (χ2n) is 7.27. The van der Waals surface area contributed by atoms with E-state index in [0.29, 0.717) is 11.1 Å². The largest absolute Gasteiger partial charge is 0.459 e. The smallest absolute Gasteiger partial charge is 0.283 e. The molecular weight excluding hydrogens is 394 g/mol. The Kier molecular flexibility index (Phi) is 5.18. The molecular formula is C21H18F2N4O3. The second-order valence-corrected chi connectivity index (χ2v) is 7.27. The van der Waals surface area contributed by atoms with E-state index in [-0.39, 0.29) is 42.7 Å². The number of alkyl halides is 1. The number of aliphatic imine (C=N–C) groups is 1. The summed E-state index contributed by atoms with van der Waals surface area (Å²) in [4.78, 5) is 20.7. The minimum atomic E-state index is -1.58. The predicted octanol–water partition coefficient (Wildman–Crippen LogP) is 2.04. The molecule has 3 heterocycles. The van der Waals surface area contributed by atoms with E-state index in [0.717, 1.165) is 0 Å². The van der Waals surface area contributed by atoms with Crippen LogP contribution < -0.4 is 5.73 Å². The molecule has 0 amide bonds. The third-order valence-corrected chi connectivity index (χ3v) is 5.47. The number of aromatic nitrogens is 1. The highest BCUT2D eigenvalue weighted by Crippen LogP contribution is 2.44. The normalized spacial score (nSPS) is 25.0. The van der Waals surface area contributed by atoms with Crippen LogP contribution in [0.2, 0.25) is 0 Å². The standard InChI is InChI=1S/C21H18F2N4O3/c22-11-21(15-9-29-10-19(15)30-20(25)27-21)14-5-12(1-3-16(14)23)6-18(28)17-4-2-13(7-24)8-26-17/h1-5,8,15,19H,6,9-11H2,(H2,25,27)/t15-,19+,21+/m0/s1. The van der Waals surface area contributed by atoms with Crippen molar-refractivity contribution in [3.05, 3.63) is 64.7 Å². The Balaban J connectivity index is 1.68. The summed E-state index contributed by atoms with van der Waals surface area (Å²) in [7, 11) is 0. The summed E-state index contributed by atoms with van der Waals surface area (Å²) in [6.07, 6.45) is 0.710. The van der Waals surface area contributed by atoms with Crippen LogP contribution >= 0.6 is 0 Å². The zero-order valence-electron chi connectivity index (χ0n) is 15.8. The lowest BCUT2D eigenvalue weighted by Crippen LogP contribution is -2.50. The van der Waals surface area contributed by atoms with Gasteiger partial charge in [0.15, 0.2) is 5.78 Å². The minimum Gasteiger partial charge on any atom is -0.459 e. The number of Topliss-reactive ketones (excluding diaryl/α,β-unsaturated/α-hetero) is 1. The van der Waals surface area contributed by atoms with E-state index in [4.69, 9.17) is 20.5 Å². The molecule has 1 saturated heterocycles. The molecule has 0 radical (unpaired) electrons. The van der Waals surface area contributed by atoms with Crippen molar-refractivity contribution in [1.82, 2.24) is 4.98 Å². The van der Waals surface area contributed by atoms with Gasteiger partial charge in [-0.2, -0.15) is 5.26 Å². The average Bonchev–Trinajstić information content (AvgIpc) is 3.23. The number of halogens is 2. The van der Waals surface area contributed by atoms with E-state index >= 15 is 0 Å². The van der Waals surface area contributed by atoms with Crippen LogP contribution in [0, 0.1) is 23.1 Å². The Morgan fingerprint density at radius 3 is 2.87 bits per heavy atom. The quantitative estimate of drug-likeness (QED) is 0.753. The van der Waals surface area contributed by atoms with Crippen LogP contribution in [0.4, 0.5) is 8.78 Å². The monoisotopic (exact) mass is 412 g/mol. The van der Waals surface area contributed by atoms with E-state index in [9.17, 15) is 13.6 Å². The number of pyridine rings is 1. The van der Waals surface area contributed by atoms with Crippen LogP contribution in [-0.2, 0) is 21.4 Å². The van der Waals surface area contributed by atoms with Gasteiger partial charge >= 0.3 is 0 Å². The van der Waals surface area contributed by atoms with Crippen molar-refractivity contribution >= 4 is 11.8 Å². The maximum absolute atomic E-state index is 14.8. The highest BCUT2D eigenvalue weighted by Gasteiger charge is 2.53. The number of carbonyl (C=O) groups excluding carboxylic acids is 1. The zero-order valence-corrected chi connectivity index (χ0v) is 15.8. The molecule has 2 aliphatic rings. The predicted molar refractivity (Wildman–Crippen MR) is 102 cm³/mol. The zero-order chi connectivity index (χ0) is 21.3. The first-order valence-corrected chi connectivity index (χ1v) is 9.31. The molecule has 2 aromatic rings. The van der Waals surface area contributed by atoms with Gasteiger partial charge in [-0.3, -0.25) is 9.78 Å². The molecule has 4 rings (SSSR count). The summed E-state index contributed by atoms with van der Waals surface area (Å²) in [5.74, 6) is -1.51. The molecule has 1 aromatic carbocycles. The van der Waals surface area contributed by atoms with Gasteiger partial charge in [0.25, 0.3) is 6.02 Å². The first-order chi connectivity index (χ1) is 14.5. The van der Waals surface area contributed by atoms with Crippen molar-refractivity contribution in [1.29, 1.82) is 5.26 Å². The van der Waals surface area contributed by atoms with Crippen LogP contribution in [0.3, 0.4) is 0 Å². The number of nitrogens with two attached hydrogens (primary N) is 1. The number of hydrogen-bond acceptors (Lipinski definition) is 7. The summed E-state index contributed by atoms with van der Waals surface area (Å²) in [5.41, 5.74) is 5.16. The molecule has 9 heteroatoms. The Morgan fingerprint density at radius 1 is 1.33 bits per heavy atom. The lowest BCUT2D eigenvalue weighted by Gasteiger charge is -2.39. The second kappa shape index (κ2) is 7.80. The summed E-state index contributed by atoms with van der Waals surface area (Å²) in [5, 5.41) is 8.84. The Hall–Kier alpha value is -3.38. The first-order valence-electron chi connectivity index (χ1n) is 9.31. The molecule has 2 aliphatic heterocycles. The van der Waals surface area contributed by atoms with E-state index in [1.165, 1.54) is 36.5 Å². The topological polar surface area (TPSA) is 111 Å². The molecule has 0 spiro atoms. The van der Waals surface area contributed by atoms with Crippen LogP contribution in [-0.4, -0.2) is 42.8 Å². The van der Waals surface area contributed by atoms with Crippen LogP contribution in [0.5, 0.6) is 0 Å². The minimum absolute atomic E-state index is 0.00911. The van der Waals surface area contributed by atoms with Crippen LogP contribution in [0.1, 0.15) is 27.2 Å². The highest BCUT2D eigenvalue weighted by atomic mass is 19.1. The average molecular weight is 412 g/mol. The molecule has 1 fully saturated rings. The number of amidine groups is 1. The Labute approximate surface area is 171 Å². The lowest BCUT2D eigenvalue weighted by atomic mass is 9.76. The van der Waals surface area contributed by atoms with Gasteiger partial charge in [0.2, 0.25) is 0 Å². The van der Waals surface area contributed by atoms with Gasteiger partial charge in [-0.25, -0.2) is 13.8 Å². The van der Waals surface area contributed by atoms with Gasteiger partial charge in [-0.1, -0.05) is 6.07 Å². The molecule has 0 bridgehead atoms. The molecule has 0 aliphatic carbocycles. The summed E-state index contributed by atoms with van der Waals surface area (Å²) in [6.45, 7) is -0.622. The van der Waals surface area contributed by atoms with E-state index in [1.54, 1.807) is 0 Å². The molecule has 1 aromatic heterocycles. The van der Waals surface area contributed by atoms with Crippen molar-refractivity contribution in [2.24, 2.45) is 16.6 Å². The van der Waals surface area contributed by atoms with E-state index in [2.05, 4.69) is 9.98 Å². The maximum atomic E-state index is 14.8. The molecule has 0 unspecified atom stereocenters. The highest BCUT2D eigenvalue weighted by molar-refractivity contribution is 5.95. The first kappa shape index (κ1) is 19.9. The number of nitrogens with zero attached hydrogens (tertiary/aromatic N) is 3. The van der Waals surface area contributed by atoms with Gasteiger partial charge in [0.1, 0.15) is 35.9 Å². The fourth-order valence-corrected chi connectivity index (χ4v) is 3.93. The number of hydrogen-bond donors (Lipinski definition) is 1. The Morgan fingerprint density at radius 2 is 2.17 bits per heavy atom. The van der Waals surface area contributed by atoms with Crippen molar-refractivity contribution in [2.75, 3.05) is 19.9 Å². The molecule has 30 heavy (non-hydrogen) atoms. The molecule has 7 nitrogen and oxygen atoms in total. The Bertz CT molecular complexity index is 1050.